The second-order valence-electron chi connectivity index (χ2n) is 5.04. The molecular formula is C14H29NO2. The van der Waals surface area contributed by atoms with Crippen molar-refractivity contribution in [3.63, 3.8) is 0 Å². The summed E-state index contributed by atoms with van der Waals surface area (Å²) in [4.78, 5) is 2.42. The fourth-order valence-corrected chi connectivity index (χ4v) is 2.53. The van der Waals surface area contributed by atoms with Crippen LogP contribution in [0.4, 0.5) is 0 Å². The zero-order valence-corrected chi connectivity index (χ0v) is 11.5. The normalized spacial score (nSPS) is 23.8. The third-order valence-electron chi connectivity index (χ3n) is 3.69. The highest BCUT2D eigenvalue weighted by atomic mass is 16.5. The smallest absolute Gasteiger partial charge is 0.0692 e. The highest BCUT2D eigenvalue weighted by molar-refractivity contribution is 4.82. The molecule has 0 radical (unpaired) electrons. The van der Waals surface area contributed by atoms with Crippen LogP contribution in [0.25, 0.3) is 0 Å². The highest BCUT2D eigenvalue weighted by Crippen LogP contribution is 2.20. The van der Waals surface area contributed by atoms with Crippen LogP contribution in [0.15, 0.2) is 0 Å². The first kappa shape index (κ1) is 14.9. The van der Waals surface area contributed by atoms with Crippen molar-refractivity contribution in [2.75, 3.05) is 26.3 Å². The van der Waals surface area contributed by atoms with Crippen molar-refractivity contribution < 1.29 is 9.84 Å². The number of piperidine rings is 1. The molecule has 2 atom stereocenters. The number of nitrogens with zero attached hydrogens (tertiary/aromatic N) is 1. The number of likely N-dealkylation sites (tertiary alicyclic amines) is 1. The Balaban J connectivity index is 2.23. The highest BCUT2D eigenvalue weighted by Gasteiger charge is 2.27. The summed E-state index contributed by atoms with van der Waals surface area (Å²) in [6.07, 6.45) is 6.71. The topological polar surface area (TPSA) is 32.7 Å². The molecule has 1 fully saturated rings. The molecule has 2 unspecified atom stereocenters. The van der Waals surface area contributed by atoms with E-state index < -0.39 is 0 Å². The van der Waals surface area contributed by atoms with E-state index in [-0.39, 0.29) is 6.10 Å². The van der Waals surface area contributed by atoms with Crippen LogP contribution in [0.2, 0.25) is 0 Å². The van der Waals surface area contributed by atoms with Crippen molar-refractivity contribution in [2.45, 2.75) is 64.5 Å². The van der Waals surface area contributed by atoms with Crippen LogP contribution in [-0.2, 0) is 4.74 Å². The predicted octanol–water partition coefficient (Wildman–Crippen LogP) is 2.43. The molecule has 0 aromatic carbocycles. The number of hydrogen-bond acceptors (Lipinski definition) is 3. The molecule has 1 N–H and O–H groups in total. The van der Waals surface area contributed by atoms with Gasteiger partial charge in [0.05, 0.1) is 12.7 Å². The molecule has 102 valence electrons. The lowest BCUT2D eigenvalue weighted by molar-refractivity contribution is 0.00576. The quantitative estimate of drug-likeness (QED) is 0.665. The Bertz CT molecular complexity index is 187. The van der Waals surface area contributed by atoms with Crippen LogP contribution in [0.1, 0.15) is 52.4 Å². The Morgan fingerprint density at radius 2 is 2.12 bits per heavy atom. The first-order valence-corrected chi connectivity index (χ1v) is 7.29. The van der Waals surface area contributed by atoms with E-state index in [4.69, 9.17) is 4.74 Å². The minimum Gasteiger partial charge on any atom is -0.392 e. The van der Waals surface area contributed by atoms with Crippen LogP contribution in [-0.4, -0.2) is 48.5 Å². The van der Waals surface area contributed by atoms with Crippen molar-refractivity contribution in [3.8, 4) is 0 Å². The Morgan fingerprint density at radius 3 is 2.82 bits per heavy atom. The van der Waals surface area contributed by atoms with E-state index in [9.17, 15) is 5.11 Å². The Hall–Kier alpha value is -0.120. The minimum atomic E-state index is -0.161. The van der Waals surface area contributed by atoms with Gasteiger partial charge in [0.15, 0.2) is 0 Å². The van der Waals surface area contributed by atoms with Gasteiger partial charge >= 0.3 is 0 Å². The molecule has 1 saturated heterocycles. The van der Waals surface area contributed by atoms with Crippen molar-refractivity contribution in [1.82, 2.24) is 4.90 Å². The van der Waals surface area contributed by atoms with Gasteiger partial charge in [-0.25, -0.2) is 0 Å². The number of rotatable bonds is 8. The summed E-state index contributed by atoms with van der Waals surface area (Å²) in [6, 6.07) is 0.364. The Morgan fingerprint density at radius 1 is 1.29 bits per heavy atom. The molecule has 0 aliphatic carbocycles. The standard InChI is InChI=1S/C14H29NO2/c1-3-5-11-17-12-10-15-9-7-6-8-13(15)14(16)4-2/h13-14,16H,3-12H2,1-2H3. The number of aliphatic hydroxyl groups is 1. The van der Waals surface area contributed by atoms with Crippen LogP contribution in [0.5, 0.6) is 0 Å². The summed E-state index contributed by atoms with van der Waals surface area (Å²) in [7, 11) is 0. The zero-order valence-electron chi connectivity index (χ0n) is 11.5. The molecule has 0 aromatic rings. The fourth-order valence-electron chi connectivity index (χ4n) is 2.53. The molecule has 0 saturated carbocycles. The predicted molar refractivity (Wildman–Crippen MR) is 71.2 cm³/mol. The van der Waals surface area contributed by atoms with E-state index in [1.807, 2.05) is 0 Å². The SMILES string of the molecule is CCCCOCCN1CCCCC1C(O)CC. The second kappa shape index (κ2) is 8.90. The van der Waals surface area contributed by atoms with Gasteiger partial charge in [-0.15, -0.1) is 0 Å². The molecular weight excluding hydrogens is 214 g/mol. The van der Waals surface area contributed by atoms with Gasteiger partial charge in [-0.2, -0.15) is 0 Å². The van der Waals surface area contributed by atoms with Crippen molar-refractivity contribution in [2.24, 2.45) is 0 Å². The molecule has 1 rings (SSSR count). The first-order valence-electron chi connectivity index (χ1n) is 7.29. The largest absolute Gasteiger partial charge is 0.392 e. The maximum atomic E-state index is 10.0. The molecule has 0 aromatic heterocycles. The van der Waals surface area contributed by atoms with Gasteiger partial charge in [-0.1, -0.05) is 26.7 Å². The number of unbranched alkanes of at least 4 members (excludes halogenated alkanes) is 1. The average Bonchev–Trinajstić information content (AvgIpc) is 2.38. The maximum absolute atomic E-state index is 10.0. The van der Waals surface area contributed by atoms with Crippen LogP contribution < -0.4 is 0 Å². The summed E-state index contributed by atoms with van der Waals surface area (Å²) in [5.74, 6) is 0. The number of ether oxygens (including phenoxy) is 1. The summed E-state index contributed by atoms with van der Waals surface area (Å²) < 4.78 is 5.62. The third-order valence-corrected chi connectivity index (χ3v) is 3.69. The third kappa shape index (κ3) is 5.36. The lowest BCUT2D eigenvalue weighted by Gasteiger charge is -2.38. The average molecular weight is 243 g/mol. The van der Waals surface area contributed by atoms with E-state index in [1.165, 1.54) is 19.3 Å². The number of aliphatic hydroxyl groups excluding tert-OH is 1. The van der Waals surface area contributed by atoms with Crippen LogP contribution in [0, 0.1) is 0 Å². The monoisotopic (exact) mass is 243 g/mol. The van der Waals surface area contributed by atoms with E-state index in [1.54, 1.807) is 0 Å². The second-order valence-corrected chi connectivity index (χ2v) is 5.04. The van der Waals surface area contributed by atoms with Gasteiger partial charge in [-0.05, 0) is 32.2 Å². The lowest BCUT2D eigenvalue weighted by atomic mass is 9.96. The zero-order chi connectivity index (χ0) is 12.5. The van der Waals surface area contributed by atoms with E-state index in [0.29, 0.717) is 6.04 Å². The minimum absolute atomic E-state index is 0.161. The van der Waals surface area contributed by atoms with Crippen molar-refractivity contribution in [3.05, 3.63) is 0 Å². The van der Waals surface area contributed by atoms with Crippen molar-refractivity contribution in [1.29, 1.82) is 0 Å². The van der Waals surface area contributed by atoms with Gasteiger partial charge in [-0.3, -0.25) is 4.90 Å². The lowest BCUT2D eigenvalue weighted by Crippen LogP contribution is -2.47. The molecule has 0 spiro atoms. The van der Waals surface area contributed by atoms with Crippen LogP contribution in [0.3, 0.4) is 0 Å². The maximum Gasteiger partial charge on any atom is 0.0692 e. The molecule has 0 amide bonds. The molecule has 1 aliphatic heterocycles. The van der Waals surface area contributed by atoms with E-state index in [0.717, 1.165) is 45.6 Å². The summed E-state index contributed by atoms with van der Waals surface area (Å²) in [5, 5.41) is 10.0. The molecule has 1 aliphatic rings. The summed E-state index contributed by atoms with van der Waals surface area (Å²) >= 11 is 0. The van der Waals surface area contributed by atoms with Crippen molar-refractivity contribution >= 4 is 0 Å². The molecule has 17 heavy (non-hydrogen) atoms. The molecule has 1 heterocycles. The molecule has 3 nitrogen and oxygen atoms in total. The van der Waals surface area contributed by atoms with Gasteiger partial charge in [0.2, 0.25) is 0 Å². The Kier molecular flexibility index (Phi) is 7.82. The number of hydrogen-bond donors (Lipinski definition) is 1. The first-order chi connectivity index (χ1) is 8.29. The van der Waals surface area contributed by atoms with E-state index in [2.05, 4.69) is 18.7 Å². The van der Waals surface area contributed by atoms with Gasteiger partial charge < -0.3 is 9.84 Å². The summed E-state index contributed by atoms with van der Waals surface area (Å²) in [5.41, 5.74) is 0. The summed E-state index contributed by atoms with van der Waals surface area (Å²) in [6.45, 7) is 8.04. The van der Waals surface area contributed by atoms with Gasteiger partial charge in [0.25, 0.3) is 0 Å². The van der Waals surface area contributed by atoms with Crippen LogP contribution >= 0.6 is 0 Å². The molecule has 0 bridgehead atoms. The Labute approximate surface area is 106 Å². The van der Waals surface area contributed by atoms with Gasteiger partial charge in [0, 0.05) is 19.2 Å². The molecule has 3 heteroatoms. The van der Waals surface area contributed by atoms with E-state index >= 15 is 0 Å². The van der Waals surface area contributed by atoms with Gasteiger partial charge in [0.1, 0.15) is 0 Å². The fraction of sp³-hybridized carbons (Fsp3) is 1.00.